The number of nitrogens with one attached hydrogen (secondary N) is 2. The first-order chi connectivity index (χ1) is 14.2. The van der Waals surface area contributed by atoms with Gasteiger partial charge in [-0.15, -0.1) is 0 Å². The number of fused-ring (bicyclic) bond motifs is 1. The second-order valence-electron chi connectivity index (χ2n) is 6.78. The van der Waals surface area contributed by atoms with Gasteiger partial charge >= 0.3 is 0 Å². The van der Waals surface area contributed by atoms with Crippen LogP contribution in [0.4, 0.5) is 0 Å². The SMILES string of the molecule is CCOc1cccc(CNC2CNC(=O)c3cc(-c4cccc(OC)c4)nn32)c1. The van der Waals surface area contributed by atoms with E-state index < -0.39 is 0 Å². The molecular formula is C22H24N4O3. The molecular weight excluding hydrogens is 368 g/mol. The first kappa shape index (κ1) is 19.0. The zero-order chi connectivity index (χ0) is 20.2. The van der Waals surface area contributed by atoms with Gasteiger partial charge in [0.15, 0.2) is 0 Å². The van der Waals surface area contributed by atoms with E-state index in [2.05, 4.69) is 10.6 Å². The van der Waals surface area contributed by atoms with Gasteiger partial charge in [-0.1, -0.05) is 24.3 Å². The van der Waals surface area contributed by atoms with E-state index >= 15 is 0 Å². The second-order valence-corrected chi connectivity index (χ2v) is 6.78. The Balaban J connectivity index is 1.55. The second kappa shape index (κ2) is 8.36. The van der Waals surface area contributed by atoms with E-state index in [-0.39, 0.29) is 12.1 Å². The standard InChI is InChI=1S/C22H24N4O3/c1-3-29-18-9-4-6-15(10-18)13-23-21-14-24-22(27)20-12-19(25-26(20)21)16-7-5-8-17(11-16)28-2/h4-12,21,23H,3,13-14H2,1-2H3,(H,24,27). The number of carbonyl (C=O) groups is 1. The van der Waals surface area contributed by atoms with Crippen molar-refractivity contribution in [2.75, 3.05) is 20.3 Å². The fourth-order valence-electron chi connectivity index (χ4n) is 3.40. The summed E-state index contributed by atoms with van der Waals surface area (Å²) < 4.78 is 12.6. The third kappa shape index (κ3) is 4.09. The fraction of sp³-hybridized carbons (Fsp3) is 0.273. The van der Waals surface area contributed by atoms with Gasteiger partial charge in [0.2, 0.25) is 0 Å². The van der Waals surface area contributed by atoms with Gasteiger partial charge in [0.25, 0.3) is 5.91 Å². The van der Waals surface area contributed by atoms with Crippen molar-refractivity contribution >= 4 is 5.91 Å². The first-order valence-corrected chi connectivity index (χ1v) is 9.65. The Labute approximate surface area is 169 Å². The molecule has 1 aliphatic heterocycles. The van der Waals surface area contributed by atoms with Crippen molar-refractivity contribution in [3.63, 3.8) is 0 Å². The third-order valence-corrected chi connectivity index (χ3v) is 4.84. The number of hydrogen-bond donors (Lipinski definition) is 2. The molecule has 3 aromatic rings. The minimum absolute atomic E-state index is 0.122. The number of hydrogen-bond acceptors (Lipinski definition) is 5. The van der Waals surface area contributed by atoms with Gasteiger partial charge in [0, 0.05) is 12.1 Å². The summed E-state index contributed by atoms with van der Waals surface area (Å²) in [5.74, 6) is 1.48. The van der Waals surface area contributed by atoms with Crippen LogP contribution in [0, 0.1) is 0 Å². The molecule has 1 atom stereocenters. The minimum atomic E-state index is -0.141. The van der Waals surface area contributed by atoms with E-state index in [1.807, 2.05) is 61.5 Å². The maximum absolute atomic E-state index is 12.3. The molecule has 2 aromatic carbocycles. The molecule has 2 heterocycles. The molecule has 1 amide bonds. The first-order valence-electron chi connectivity index (χ1n) is 9.65. The maximum atomic E-state index is 12.3. The van der Waals surface area contributed by atoms with Crippen molar-refractivity contribution in [2.45, 2.75) is 19.6 Å². The lowest BCUT2D eigenvalue weighted by molar-refractivity contribution is 0.0900. The number of aromatic nitrogens is 2. The van der Waals surface area contributed by atoms with Crippen LogP contribution in [0.15, 0.2) is 54.6 Å². The summed E-state index contributed by atoms with van der Waals surface area (Å²) in [6.07, 6.45) is -0.141. The van der Waals surface area contributed by atoms with Crippen molar-refractivity contribution in [1.82, 2.24) is 20.4 Å². The monoisotopic (exact) mass is 392 g/mol. The normalized spacial score (nSPS) is 15.5. The number of ether oxygens (including phenoxy) is 2. The van der Waals surface area contributed by atoms with Crippen LogP contribution in [0.25, 0.3) is 11.3 Å². The van der Waals surface area contributed by atoms with E-state index in [1.165, 1.54) is 0 Å². The predicted molar refractivity (Wildman–Crippen MR) is 110 cm³/mol. The maximum Gasteiger partial charge on any atom is 0.269 e. The van der Waals surface area contributed by atoms with E-state index in [0.717, 1.165) is 28.3 Å². The van der Waals surface area contributed by atoms with Crippen molar-refractivity contribution < 1.29 is 14.3 Å². The van der Waals surface area contributed by atoms with Crippen LogP contribution in [-0.2, 0) is 6.54 Å². The summed E-state index contributed by atoms with van der Waals surface area (Å²) in [5.41, 5.74) is 3.28. The van der Waals surface area contributed by atoms with Crippen LogP contribution in [0.3, 0.4) is 0 Å². The summed E-state index contributed by atoms with van der Waals surface area (Å²) in [4.78, 5) is 12.3. The van der Waals surface area contributed by atoms with Crippen molar-refractivity contribution in [1.29, 1.82) is 0 Å². The average molecular weight is 392 g/mol. The predicted octanol–water partition coefficient (Wildman–Crippen LogP) is 2.99. The number of rotatable bonds is 7. The Kier molecular flexibility index (Phi) is 5.48. The molecule has 1 unspecified atom stereocenters. The average Bonchev–Trinajstić information content (AvgIpc) is 3.21. The van der Waals surface area contributed by atoms with E-state index in [4.69, 9.17) is 14.6 Å². The molecule has 7 nitrogen and oxygen atoms in total. The Morgan fingerprint density at radius 2 is 2.00 bits per heavy atom. The molecule has 29 heavy (non-hydrogen) atoms. The van der Waals surface area contributed by atoms with Crippen LogP contribution in [0.5, 0.6) is 11.5 Å². The molecule has 0 saturated carbocycles. The number of carbonyl (C=O) groups excluding carboxylic acids is 1. The van der Waals surface area contributed by atoms with Crippen molar-refractivity contribution in [3.8, 4) is 22.8 Å². The lowest BCUT2D eigenvalue weighted by Gasteiger charge is -2.26. The molecule has 0 saturated heterocycles. The molecule has 0 fully saturated rings. The Hall–Kier alpha value is -3.32. The van der Waals surface area contributed by atoms with Crippen LogP contribution in [0.2, 0.25) is 0 Å². The molecule has 1 aromatic heterocycles. The highest BCUT2D eigenvalue weighted by molar-refractivity contribution is 5.94. The van der Waals surface area contributed by atoms with Gasteiger partial charge in [-0.05, 0) is 42.8 Å². The van der Waals surface area contributed by atoms with E-state index in [9.17, 15) is 4.79 Å². The Morgan fingerprint density at radius 1 is 1.17 bits per heavy atom. The summed E-state index contributed by atoms with van der Waals surface area (Å²) in [6, 6.07) is 17.5. The molecule has 2 N–H and O–H groups in total. The van der Waals surface area contributed by atoms with Gasteiger partial charge in [-0.25, -0.2) is 4.68 Å². The molecule has 0 bridgehead atoms. The van der Waals surface area contributed by atoms with Crippen LogP contribution >= 0.6 is 0 Å². The summed E-state index contributed by atoms with van der Waals surface area (Å²) in [6.45, 7) is 3.70. The zero-order valence-electron chi connectivity index (χ0n) is 16.5. The van der Waals surface area contributed by atoms with Gasteiger partial charge in [-0.2, -0.15) is 5.10 Å². The third-order valence-electron chi connectivity index (χ3n) is 4.84. The quantitative estimate of drug-likeness (QED) is 0.646. The zero-order valence-corrected chi connectivity index (χ0v) is 16.5. The van der Waals surface area contributed by atoms with Crippen LogP contribution in [0.1, 0.15) is 29.1 Å². The molecule has 0 radical (unpaired) electrons. The Bertz CT molecular complexity index is 1010. The molecule has 1 aliphatic rings. The smallest absolute Gasteiger partial charge is 0.269 e. The highest BCUT2D eigenvalue weighted by atomic mass is 16.5. The number of benzene rings is 2. The highest BCUT2D eigenvalue weighted by Crippen LogP contribution is 2.26. The van der Waals surface area contributed by atoms with Crippen LogP contribution in [-0.4, -0.2) is 35.9 Å². The van der Waals surface area contributed by atoms with Gasteiger partial charge in [0.05, 0.1) is 26.0 Å². The van der Waals surface area contributed by atoms with Gasteiger partial charge < -0.3 is 14.8 Å². The highest BCUT2D eigenvalue weighted by Gasteiger charge is 2.27. The summed E-state index contributed by atoms with van der Waals surface area (Å²) in [7, 11) is 1.63. The van der Waals surface area contributed by atoms with Crippen LogP contribution < -0.4 is 20.1 Å². The summed E-state index contributed by atoms with van der Waals surface area (Å²) in [5, 5.41) is 11.1. The lowest BCUT2D eigenvalue weighted by atomic mass is 10.1. The van der Waals surface area contributed by atoms with Crippen molar-refractivity contribution in [2.24, 2.45) is 0 Å². The molecule has 0 aliphatic carbocycles. The van der Waals surface area contributed by atoms with Gasteiger partial charge in [0.1, 0.15) is 23.4 Å². The molecule has 150 valence electrons. The molecule has 0 spiro atoms. The van der Waals surface area contributed by atoms with Crippen molar-refractivity contribution in [3.05, 3.63) is 65.9 Å². The lowest BCUT2D eigenvalue weighted by Crippen LogP contribution is -2.45. The minimum Gasteiger partial charge on any atom is -0.497 e. The number of nitrogens with zero attached hydrogens (tertiary/aromatic N) is 2. The Morgan fingerprint density at radius 3 is 2.83 bits per heavy atom. The summed E-state index contributed by atoms with van der Waals surface area (Å²) >= 11 is 0. The van der Waals surface area contributed by atoms with E-state index in [0.29, 0.717) is 25.4 Å². The number of methoxy groups -OCH3 is 1. The molecule has 7 heteroatoms. The fourth-order valence-corrected chi connectivity index (χ4v) is 3.40. The number of amides is 1. The van der Waals surface area contributed by atoms with E-state index in [1.54, 1.807) is 11.8 Å². The topological polar surface area (TPSA) is 77.4 Å². The largest absolute Gasteiger partial charge is 0.497 e. The molecule has 4 rings (SSSR count). The van der Waals surface area contributed by atoms with Gasteiger partial charge in [-0.3, -0.25) is 10.1 Å².